The highest BCUT2D eigenvalue weighted by Crippen LogP contribution is 2.47. The number of halogens is 3. The Morgan fingerprint density at radius 3 is 2.50 bits per heavy atom. The van der Waals surface area contributed by atoms with Crippen molar-refractivity contribution in [1.82, 2.24) is 0 Å². The summed E-state index contributed by atoms with van der Waals surface area (Å²) in [6.07, 6.45) is 2.74. The monoisotopic (exact) mass is 258 g/mol. The van der Waals surface area contributed by atoms with Crippen molar-refractivity contribution in [3.05, 3.63) is 11.8 Å². The summed E-state index contributed by atoms with van der Waals surface area (Å²) in [7, 11) is -5.54. The molecular formula is C8H9F3O4S. The SMILES string of the molecule is O=S(=O)(OC1=CCOC2(CC2)C1)C(F)(F)F. The molecule has 0 radical (unpaired) electrons. The van der Waals surface area contributed by atoms with Gasteiger partial charge in [-0.2, -0.15) is 21.6 Å². The molecule has 0 amide bonds. The van der Waals surface area contributed by atoms with Gasteiger partial charge in [-0.15, -0.1) is 0 Å². The molecule has 1 heterocycles. The Bertz CT molecular complexity index is 419. The van der Waals surface area contributed by atoms with Crippen LogP contribution in [0.2, 0.25) is 0 Å². The van der Waals surface area contributed by atoms with Gasteiger partial charge >= 0.3 is 15.6 Å². The normalized spacial score (nSPS) is 24.1. The molecule has 0 bridgehead atoms. The van der Waals surface area contributed by atoms with E-state index < -0.39 is 21.2 Å². The van der Waals surface area contributed by atoms with E-state index in [2.05, 4.69) is 4.18 Å². The lowest BCUT2D eigenvalue weighted by atomic mass is 10.1. The number of ether oxygens (including phenoxy) is 1. The van der Waals surface area contributed by atoms with Gasteiger partial charge in [-0.25, -0.2) is 0 Å². The third-order valence-corrected chi connectivity index (χ3v) is 3.51. The molecule has 1 saturated carbocycles. The highest BCUT2D eigenvalue weighted by Gasteiger charge is 2.51. The smallest absolute Gasteiger partial charge is 0.381 e. The van der Waals surface area contributed by atoms with E-state index in [0.717, 1.165) is 12.8 Å². The molecule has 2 aliphatic rings. The number of alkyl halides is 3. The van der Waals surface area contributed by atoms with Crippen molar-refractivity contribution in [2.24, 2.45) is 0 Å². The van der Waals surface area contributed by atoms with Crippen LogP contribution in [-0.4, -0.2) is 26.1 Å². The zero-order chi connectivity index (χ0) is 12.0. The van der Waals surface area contributed by atoms with Crippen LogP contribution < -0.4 is 0 Å². The first-order chi connectivity index (χ1) is 7.24. The number of hydrogen-bond donors (Lipinski definition) is 0. The molecule has 0 N–H and O–H groups in total. The average molecular weight is 258 g/mol. The summed E-state index contributed by atoms with van der Waals surface area (Å²) in [5.41, 5.74) is -5.87. The molecule has 16 heavy (non-hydrogen) atoms. The molecule has 0 aromatic rings. The number of hydrogen-bond acceptors (Lipinski definition) is 4. The first kappa shape index (κ1) is 11.7. The molecule has 0 saturated heterocycles. The van der Waals surface area contributed by atoms with Crippen molar-refractivity contribution >= 4 is 10.1 Å². The van der Waals surface area contributed by atoms with Crippen LogP contribution in [0.5, 0.6) is 0 Å². The van der Waals surface area contributed by atoms with Gasteiger partial charge in [0.1, 0.15) is 5.76 Å². The van der Waals surface area contributed by atoms with Crippen LogP contribution in [0.25, 0.3) is 0 Å². The Morgan fingerprint density at radius 1 is 1.38 bits per heavy atom. The van der Waals surface area contributed by atoms with Gasteiger partial charge < -0.3 is 8.92 Å². The Balaban J connectivity index is 2.08. The van der Waals surface area contributed by atoms with Crippen LogP contribution in [0, 0.1) is 0 Å². The topological polar surface area (TPSA) is 52.6 Å². The van der Waals surface area contributed by atoms with Gasteiger partial charge in [-0.05, 0) is 18.9 Å². The van der Waals surface area contributed by atoms with E-state index in [0.29, 0.717) is 0 Å². The molecule has 2 rings (SSSR count). The van der Waals surface area contributed by atoms with E-state index in [1.165, 1.54) is 6.08 Å². The molecule has 0 unspecified atom stereocenters. The molecule has 4 nitrogen and oxygen atoms in total. The predicted octanol–water partition coefficient (Wildman–Crippen LogP) is 1.69. The molecule has 1 fully saturated rings. The van der Waals surface area contributed by atoms with Gasteiger partial charge in [-0.3, -0.25) is 0 Å². The zero-order valence-electron chi connectivity index (χ0n) is 8.08. The van der Waals surface area contributed by atoms with Gasteiger partial charge in [0.2, 0.25) is 0 Å². The summed E-state index contributed by atoms with van der Waals surface area (Å²) in [4.78, 5) is 0. The first-order valence-corrected chi connectivity index (χ1v) is 5.99. The van der Waals surface area contributed by atoms with Crippen LogP contribution in [0.3, 0.4) is 0 Å². The van der Waals surface area contributed by atoms with E-state index >= 15 is 0 Å². The van der Waals surface area contributed by atoms with Crippen LogP contribution in [0.4, 0.5) is 13.2 Å². The summed E-state index contributed by atoms with van der Waals surface area (Å²) < 4.78 is 66.8. The Labute approximate surface area is 90.2 Å². The molecule has 1 spiro atoms. The van der Waals surface area contributed by atoms with Crippen LogP contribution >= 0.6 is 0 Å². The fraction of sp³-hybridized carbons (Fsp3) is 0.750. The summed E-state index contributed by atoms with van der Waals surface area (Å²) in [6.45, 7) is 0.0860. The maximum Gasteiger partial charge on any atom is 0.534 e. The lowest BCUT2D eigenvalue weighted by Crippen LogP contribution is -2.28. The van der Waals surface area contributed by atoms with E-state index in [1.54, 1.807) is 0 Å². The fourth-order valence-electron chi connectivity index (χ4n) is 1.46. The second-order valence-electron chi connectivity index (χ2n) is 3.82. The van der Waals surface area contributed by atoms with Crippen LogP contribution in [0.15, 0.2) is 11.8 Å². The minimum Gasteiger partial charge on any atom is -0.381 e. The lowest BCUT2D eigenvalue weighted by molar-refractivity contribution is -0.0536. The van der Waals surface area contributed by atoms with Crippen molar-refractivity contribution in [2.45, 2.75) is 30.4 Å². The largest absolute Gasteiger partial charge is 0.534 e. The van der Waals surface area contributed by atoms with Crippen molar-refractivity contribution in [3.8, 4) is 0 Å². The van der Waals surface area contributed by atoms with Crippen molar-refractivity contribution in [3.63, 3.8) is 0 Å². The first-order valence-electron chi connectivity index (χ1n) is 4.58. The third kappa shape index (κ3) is 2.17. The minimum atomic E-state index is -5.54. The van der Waals surface area contributed by atoms with Gasteiger partial charge in [0.15, 0.2) is 0 Å². The van der Waals surface area contributed by atoms with Gasteiger partial charge in [0.05, 0.1) is 12.2 Å². The van der Waals surface area contributed by atoms with Crippen molar-refractivity contribution in [2.75, 3.05) is 6.61 Å². The quantitative estimate of drug-likeness (QED) is 0.558. The third-order valence-electron chi connectivity index (χ3n) is 2.50. The molecule has 0 aromatic heterocycles. The molecule has 0 aromatic carbocycles. The summed E-state index contributed by atoms with van der Waals surface area (Å²) in [5, 5.41) is 0. The maximum atomic E-state index is 12.0. The highest BCUT2D eigenvalue weighted by atomic mass is 32.2. The molecule has 1 aliphatic carbocycles. The van der Waals surface area contributed by atoms with E-state index in [-0.39, 0.29) is 18.8 Å². The molecule has 92 valence electrons. The molecular weight excluding hydrogens is 249 g/mol. The van der Waals surface area contributed by atoms with Crippen LogP contribution in [-0.2, 0) is 19.0 Å². The second kappa shape index (κ2) is 3.36. The van der Waals surface area contributed by atoms with E-state index in [4.69, 9.17) is 4.74 Å². The molecule has 8 heteroatoms. The van der Waals surface area contributed by atoms with Crippen LogP contribution in [0.1, 0.15) is 19.3 Å². The molecule has 0 atom stereocenters. The predicted molar refractivity (Wildman–Crippen MR) is 46.7 cm³/mol. The zero-order valence-corrected chi connectivity index (χ0v) is 8.90. The Kier molecular flexibility index (Phi) is 2.46. The number of rotatable bonds is 2. The lowest BCUT2D eigenvalue weighted by Gasteiger charge is -2.22. The van der Waals surface area contributed by atoms with E-state index in [1.807, 2.05) is 0 Å². The van der Waals surface area contributed by atoms with Gasteiger partial charge in [-0.1, -0.05) is 0 Å². The summed E-state index contributed by atoms with van der Waals surface area (Å²) >= 11 is 0. The van der Waals surface area contributed by atoms with Crippen molar-refractivity contribution < 1.29 is 30.5 Å². The maximum absolute atomic E-state index is 12.0. The van der Waals surface area contributed by atoms with E-state index in [9.17, 15) is 21.6 Å². The van der Waals surface area contributed by atoms with Gasteiger partial charge in [0, 0.05) is 6.42 Å². The Morgan fingerprint density at radius 2 is 2.00 bits per heavy atom. The van der Waals surface area contributed by atoms with Crippen molar-refractivity contribution in [1.29, 1.82) is 0 Å². The summed E-state index contributed by atoms with van der Waals surface area (Å²) in [6, 6.07) is 0. The standard InChI is InChI=1S/C8H9F3O4S/c9-8(10,11)16(12,13)15-6-1-4-14-7(5-6)2-3-7/h1H,2-5H2. The Hall–Kier alpha value is -0.760. The molecule has 1 aliphatic heterocycles. The van der Waals surface area contributed by atoms with Gasteiger partial charge in [0.25, 0.3) is 0 Å². The highest BCUT2D eigenvalue weighted by molar-refractivity contribution is 7.87. The fourth-order valence-corrected chi connectivity index (χ4v) is 1.97. The second-order valence-corrected chi connectivity index (χ2v) is 5.36. The minimum absolute atomic E-state index is 0.0856. The average Bonchev–Trinajstić information content (AvgIpc) is 2.82. The summed E-state index contributed by atoms with van der Waals surface area (Å²) in [5.74, 6) is -0.180.